The van der Waals surface area contributed by atoms with E-state index in [1.165, 1.54) is 21.1 Å². The molecule has 0 fully saturated rings. The van der Waals surface area contributed by atoms with Crippen LogP contribution in [0.5, 0.6) is 0 Å². The molecule has 2 aromatic heterocycles. The number of carbonyl (C=O) groups is 1. The molecule has 2 rings (SSSR count). The highest BCUT2D eigenvalue weighted by Gasteiger charge is 2.21. The number of aryl methyl sites for hydroxylation is 2. The van der Waals surface area contributed by atoms with E-state index in [0.717, 1.165) is 19.8 Å². The number of nitrogens with zero attached hydrogens (tertiary/aromatic N) is 3. The fraction of sp³-hybridized carbons (Fsp3) is 0.385. The Morgan fingerprint density at radius 2 is 1.71 bits per heavy atom. The van der Waals surface area contributed by atoms with Gasteiger partial charge in [-0.2, -0.15) is 0 Å². The van der Waals surface area contributed by atoms with Gasteiger partial charge in [0.1, 0.15) is 5.65 Å². The van der Waals surface area contributed by atoms with Gasteiger partial charge in [-0.3, -0.25) is 23.3 Å². The molecule has 0 amide bonds. The minimum atomic E-state index is -0.768. The first kappa shape index (κ1) is 14.8. The van der Waals surface area contributed by atoms with E-state index >= 15 is 0 Å². The molecule has 0 aromatic carbocycles. The van der Waals surface area contributed by atoms with E-state index in [1.54, 1.807) is 6.92 Å². The monoisotopic (exact) mass is 293 g/mol. The van der Waals surface area contributed by atoms with Gasteiger partial charge in [0.25, 0.3) is 11.1 Å². The molecule has 0 aliphatic carbocycles. The van der Waals surface area contributed by atoms with E-state index in [4.69, 9.17) is 4.74 Å². The van der Waals surface area contributed by atoms with Crippen LogP contribution in [0.4, 0.5) is 0 Å². The van der Waals surface area contributed by atoms with Crippen LogP contribution in [0.1, 0.15) is 17.3 Å². The minimum Gasteiger partial charge on any atom is -0.462 e. The molecule has 0 aliphatic heterocycles. The third kappa shape index (κ3) is 2.08. The molecule has 0 bridgehead atoms. The number of hydrogen-bond acceptors (Lipinski definition) is 5. The highest BCUT2D eigenvalue weighted by molar-refractivity contribution is 6.02. The molecule has 0 radical (unpaired) electrons. The second-order valence-corrected chi connectivity index (χ2v) is 4.58. The summed E-state index contributed by atoms with van der Waals surface area (Å²) in [5, 5.41) is -0.0137. The van der Waals surface area contributed by atoms with Crippen molar-refractivity contribution in [1.29, 1.82) is 0 Å². The Labute approximate surface area is 118 Å². The van der Waals surface area contributed by atoms with Gasteiger partial charge in [0.2, 0.25) is 0 Å². The Kier molecular flexibility index (Phi) is 3.54. The first-order valence-electron chi connectivity index (χ1n) is 6.28. The van der Waals surface area contributed by atoms with Gasteiger partial charge in [0.15, 0.2) is 0 Å². The lowest BCUT2D eigenvalue weighted by atomic mass is 10.1. The summed E-state index contributed by atoms with van der Waals surface area (Å²) in [4.78, 5) is 48.2. The fourth-order valence-electron chi connectivity index (χ4n) is 2.23. The van der Waals surface area contributed by atoms with Crippen LogP contribution < -0.4 is 16.8 Å². The number of carbonyl (C=O) groups excluding carboxylic acids is 1. The van der Waals surface area contributed by atoms with Crippen LogP contribution in [-0.4, -0.2) is 26.3 Å². The summed E-state index contributed by atoms with van der Waals surface area (Å²) in [5.41, 5.74) is -1.78. The number of fused-ring (bicyclic) bond motifs is 1. The predicted octanol–water partition coefficient (Wildman–Crippen LogP) is -0.887. The summed E-state index contributed by atoms with van der Waals surface area (Å²) in [6.07, 6.45) is 0. The number of pyridine rings is 1. The summed E-state index contributed by atoms with van der Waals surface area (Å²) in [7, 11) is 4.17. The molecule has 21 heavy (non-hydrogen) atoms. The zero-order chi connectivity index (χ0) is 15.9. The van der Waals surface area contributed by atoms with Crippen LogP contribution >= 0.6 is 0 Å². The van der Waals surface area contributed by atoms with Crippen molar-refractivity contribution in [2.24, 2.45) is 21.1 Å². The third-order valence-corrected chi connectivity index (χ3v) is 3.31. The normalized spacial score (nSPS) is 10.9. The Balaban J connectivity index is 3.14. The van der Waals surface area contributed by atoms with Gasteiger partial charge in [-0.05, 0) is 6.92 Å². The van der Waals surface area contributed by atoms with Crippen LogP contribution in [0, 0.1) is 0 Å². The molecule has 0 spiro atoms. The van der Waals surface area contributed by atoms with Crippen molar-refractivity contribution in [2.45, 2.75) is 6.92 Å². The fourth-order valence-corrected chi connectivity index (χ4v) is 2.23. The van der Waals surface area contributed by atoms with Crippen LogP contribution in [0.2, 0.25) is 0 Å². The molecule has 0 N–H and O–H groups in total. The molecule has 0 saturated carbocycles. The Bertz CT molecular complexity index is 917. The summed E-state index contributed by atoms with van der Waals surface area (Å²) in [6.45, 7) is 1.73. The van der Waals surface area contributed by atoms with Crippen LogP contribution in [0.3, 0.4) is 0 Å². The van der Waals surface area contributed by atoms with Crippen molar-refractivity contribution in [3.05, 3.63) is 42.8 Å². The SMILES string of the molecule is CCOC(=O)c1cc(=O)n(C)c2c1c(=O)n(C)c(=O)n2C. The molecular weight excluding hydrogens is 278 g/mol. The molecule has 0 unspecified atom stereocenters. The van der Waals surface area contributed by atoms with Crippen molar-refractivity contribution >= 4 is 17.0 Å². The molecule has 2 aromatic rings. The summed E-state index contributed by atoms with van der Waals surface area (Å²) in [6, 6.07) is 1.05. The van der Waals surface area contributed by atoms with Gasteiger partial charge in [0, 0.05) is 27.2 Å². The Morgan fingerprint density at radius 3 is 2.29 bits per heavy atom. The average Bonchev–Trinajstić information content (AvgIpc) is 2.45. The summed E-state index contributed by atoms with van der Waals surface area (Å²) >= 11 is 0. The zero-order valence-electron chi connectivity index (χ0n) is 12.2. The van der Waals surface area contributed by atoms with Crippen molar-refractivity contribution in [1.82, 2.24) is 13.7 Å². The molecule has 8 heteroatoms. The third-order valence-electron chi connectivity index (χ3n) is 3.31. The van der Waals surface area contributed by atoms with E-state index in [9.17, 15) is 19.2 Å². The van der Waals surface area contributed by atoms with Crippen molar-refractivity contribution in [3.63, 3.8) is 0 Å². The highest BCUT2D eigenvalue weighted by Crippen LogP contribution is 2.11. The van der Waals surface area contributed by atoms with Crippen LogP contribution in [0.15, 0.2) is 20.4 Å². The van der Waals surface area contributed by atoms with Crippen LogP contribution in [-0.2, 0) is 25.9 Å². The minimum absolute atomic E-state index is 0.0137. The van der Waals surface area contributed by atoms with Crippen molar-refractivity contribution in [2.75, 3.05) is 6.61 Å². The number of esters is 1. The summed E-state index contributed by atoms with van der Waals surface area (Å²) in [5.74, 6) is -0.768. The quantitative estimate of drug-likeness (QED) is 0.670. The van der Waals surface area contributed by atoms with Crippen LogP contribution in [0.25, 0.3) is 11.0 Å². The maximum atomic E-state index is 12.3. The lowest BCUT2D eigenvalue weighted by Crippen LogP contribution is -2.40. The lowest BCUT2D eigenvalue weighted by molar-refractivity contribution is 0.0528. The van der Waals surface area contributed by atoms with E-state index < -0.39 is 22.8 Å². The van der Waals surface area contributed by atoms with Crippen molar-refractivity contribution < 1.29 is 9.53 Å². The van der Waals surface area contributed by atoms with Gasteiger partial charge in [0.05, 0.1) is 17.6 Å². The lowest BCUT2D eigenvalue weighted by Gasteiger charge is -2.13. The molecular formula is C13H15N3O5. The van der Waals surface area contributed by atoms with Gasteiger partial charge >= 0.3 is 11.7 Å². The number of rotatable bonds is 2. The smallest absolute Gasteiger partial charge is 0.339 e. The first-order chi connectivity index (χ1) is 9.81. The average molecular weight is 293 g/mol. The zero-order valence-corrected chi connectivity index (χ0v) is 12.2. The molecule has 2 heterocycles. The number of hydrogen-bond donors (Lipinski definition) is 0. The largest absolute Gasteiger partial charge is 0.462 e. The second kappa shape index (κ2) is 5.04. The standard InChI is InChI=1S/C13H15N3O5/c1-5-21-12(19)7-6-8(17)14(2)10-9(7)11(18)16(4)13(20)15(10)3/h6H,5H2,1-4H3. The molecule has 8 nitrogen and oxygen atoms in total. The molecule has 0 aliphatic rings. The molecule has 112 valence electrons. The number of ether oxygens (including phenoxy) is 1. The Morgan fingerprint density at radius 1 is 1.10 bits per heavy atom. The van der Waals surface area contributed by atoms with E-state index in [1.807, 2.05) is 0 Å². The molecule has 0 saturated heterocycles. The highest BCUT2D eigenvalue weighted by atomic mass is 16.5. The Hall–Kier alpha value is -2.64. The maximum absolute atomic E-state index is 12.3. The van der Waals surface area contributed by atoms with E-state index in [2.05, 4.69) is 0 Å². The van der Waals surface area contributed by atoms with E-state index in [-0.39, 0.29) is 23.2 Å². The number of aromatic nitrogens is 3. The van der Waals surface area contributed by atoms with E-state index in [0.29, 0.717) is 0 Å². The van der Waals surface area contributed by atoms with Gasteiger partial charge in [-0.25, -0.2) is 9.59 Å². The summed E-state index contributed by atoms with van der Waals surface area (Å²) < 4.78 is 8.06. The van der Waals surface area contributed by atoms with Gasteiger partial charge in [-0.1, -0.05) is 0 Å². The first-order valence-corrected chi connectivity index (χ1v) is 6.28. The van der Waals surface area contributed by atoms with Gasteiger partial charge < -0.3 is 4.74 Å². The molecule has 0 atom stereocenters. The second-order valence-electron chi connectivity index (χ2n) is 4.58. The van der Waals surface area contributed by atoms with Crippen molar-refractivity contribution in [3.8, 4) is 0 Å². The predicted molar refractivity (Wildman–Crippen MR) is 75.6 cm³/mol. The van der Waals surface area contributed by atoms with Gasteiger partial charge in [-0.15, -0.1) is 0 Å². The topological polar surface area (TPSA) is 92.3 Å². The maximum Gasteiger partial charge on any atom is 0.339 e.